The smallest absolute Gasteiger partial charge is 0.271 e. The molecule has 2 N–H and O–H groups in total. The lowest BCUT2D eigenvalue weighted by Gasteiger charge is -2.23. The van der Waals surface area contributed by atoms with Gasteiger partial charge in [-0.05, 0) is 61.4 Å². The average Bonchev–Trinajstić information content (AvgIpc) is 2.61. The van der Waals surface area contributed by atoms with Gasteiger partial charge in [-0.15, -0.1) is 0 Å². The van der Waals surface area contributed by atoms with E-state index >= 15 is 0 Å². The number of phenolic OH excluding ortho intramolecular Hbond substituents is 1. The number of carbonyl (C=O) groups excluding carboxylic acids is 1. The summed E-state index contributed by atoms with van der Waals surface area (Å²) in [5.41, 5.74) is 5.54. The second kappa shape index (κ2) is 7.09. The van der Waals surface area contributed by atoms with Crippen LogP contribution in [0.25, 0.3) is 0 Å². The van der Waals surface area contributed by atoms with Crippen LogP contribution in [-0.4, -0.2) is 16.7 Å². The van der Waals surface area contributed by atoms with Crippen LogP contribution in [0.5, 0.6) is 5.75 Å². The van der Waals surface area contributed by atoms with Crippen molar-refractivity contribution in [2.75, 3.05) is 0 Å². The van der Waals surface area contributed by atoms with Gasteiger partial charge < -0.3 is 5.11 Å². The van der Waals surface area contributed by atoms with Gasteiger partial charge in [-0.2, -0.15) is 5.10 Å². The molecule has 1 aliphatic carbocycles. The molecule has 2 aromatic rings. The maximum absolute atomic E-state index is 12.0. The Morgan fingerprint density at radius 2 is 1.65 bits per heavy atom. The summed E-state index contributed by atoms with van der Waals surface area (Å²) in [6.45, 7) is 0. The number of nitrogens with zero attached hydrogens (tertiary/aromatic N) is 1. The largest absolute Gasteiger partial charge is 0.508 e. The summed E-state index contributed by atoms with van der Waals surface area (Å²) in [6, 6.07) is 16.7. The number of aromatic hydroxyl groups is 1. The molecule has 1 aliphatic rings. The molecule has 3 rings (SSSR count). The molecule has 0 aromatic heterocycles. The molecule has 0 aliphatic heterocycles. The lowest BCUT2D eigenvalue weighted by Crippen LogP contribution is -2.21. The number of nitrogens with one attached hydrogen (secondary N) is 1. The van der Waals surface area contributed by atoms with Crippen LogP contribution in [0.2, 0.25) is 0 Å². The molecule has 4 nitrogen and oxygen atoms in total. The van der Waals surface area contributed by atoms with Crippen molar-refractivity contribution in [1.82, 2.24) is 5.43 Å². The summed E-state index contributed by atoms with van der Waals surface area (Å²) in [7, 11) is 0. The van der Waals surface area contributed by atoms with Gasteiger partial charge in [0.15, 0.2) is 0 Å². The minimum absolute atomic E-state index is 0.145. The quantitative estimate of drug-likeness (QED) is 0.846. The summed E-state index contributed by atoms with van der Waals surface area (Å²) in [5, 5.41) is 13.5. The number of phenols is 1. The van der Waals surface area contributed by atoms with Crippen molar-refractivity contribution in [3.63, 3.8) is 0 Å². The molecular weight excluding hydrogens is 288 g/mol. The predicted molar refractivity (Wildman–Crippen MR) is 90.7 cm³/mol. The van der Waals surface area contributed by atoms with Gasteiger partial charge in [0.25, 0.3) is 5.91 Å². The van der Waals surface area contributed by atoms with E-state index < -0.39 is 0 Å². The highest BCUT2D eigenvalue weighted by Gasteiger charge is 2.19. The number of hydrazone groups is 1. The molecule has 0 unspecified atom stereocenters. The molecule has 1 saturated carbocycles. The van der Waals surface area contributed by atoms with Crippen molar-refractivity contribution in [3.8, 4) is 5.75 Å². The maximum Gasteiger partial charge on any atom is 0.271 e. The van der Waals surface area contributed by atoms with E-state index in [0.29, 0.717) is 11.5 Å². The summed E-state index contributed by atoms with van der Waals surface area (Å²) in [4.78, 5) is 12.0. The summed E-state index contributed by atoms with van der Waals surface area (Å²) in [6.07, 6.45) is 3.96. The van der Waals surface area contributed by atoms with Crippen molar-refractivity contribution in [2.24, 2.45) is 5.10 Å². The molecule has 4 heteroatoms. The zero-order valence-corrected chi connectivity index (χ0v) is 12.9. The van der Waals surface area contributed by atoms with Crippen LogP contribution in [0.1, 0.15) is 47.5 Å². The summed E-state index contributed by atoms with van der Waals surface area (Å²) < 4.78 is 0. The molecule has 118 valence electrons. The Bertz CT molecular complexity index is 683. The molecule has 0 spiro atoms. The molecule has 0 radical (unpaired) electrons. The van der Waals surface area contributed by atoms with Crippen LogP contribution in [-0.2, 0) is 0 Å². The van der Waals surface area contributed by atoms with E-state index in [2.05, 4.69) is 34.8 Å². The van der Waals surface area contributed by atoms with E-state index in [9.17, 15) is 9.90 Å². The van der Waals surface area contributed by atoms with Crippen LogP contribution >= 0.6 is 0 Å². The third-order valence-corrected chi connectivity index (χ3v) is 4.28. The Kier molecular flexibility index (Phi) is 4.71. The van der Waals surface area contributed by atoms with Crippen LogP contribution in [0.4, 0.5) is 0 Å². The highest BCUT2D eigenvalue weighted by molar-refractivity contribution is 5.95. The van der Waals surface area contributed by atoms with Crippen LogP contribution < -0.4 is 5.43 Å². The number of benzene rings is 2. The van der Waals surface area contributed by atoms with Crippen molar-refractivity contribution in [3.05, 3.63) is 65.7 Å². The fraction of sp³-hybridized carbons (Fsp3) is 0.263. The van der Waals surface area contributed by atoms with Gasteiger partial charge in [0.1, 0.15) is 5.75 Å². The first kappa shape index (κ1) is 15.3. The minimum atomic E-state index is -0.248. The van der Waals surface area contributed by atoms with Crippen molar-refractivity contribution in [1.29, 1.82) is 0 Å². The lowest BCUT2D eigenvalue weighted by atomic mass is 9.83. The van der Waals surface area contributed by atoms with E-state index in [1.165, 1.54) is 17.7 Å². The van der Waals surface area contributed by atoms with Gasteiger partial charge >= 0.3 is 0 Å². The van der Waals surface area contributed by atoms with Crippen LogP contribution in [0.3, 0.4) is 0 Å². The van der Waals surface area contributed by atoms with Gasteiger partial charge in [0.05, 0.1) is 0 Å². The van der Waals surface area contributed by atoms with Gasteiger partial charge in [-0.1, -0.05) is 30.3 Å². The molecule has 23 heavy (non-hydrogen) atoms. The summed E-state index contributed by atoms with van der Waals surface area (Å²) in [5.74, 6) is 0.484. The summed E-state index contributed by atoms with van der Waals surface area (Å²) >= 11 is 0. The monoisotopic (exact) mass is 308 g/mol. The first-order valence-corrected chi connectivity index (χ1v) is 7.92. The van der Waals surface area contributed by atoms with E-state index in [1.807, 2.05) is 6.07 Å². The Morgan fingerprint density at radius 1 is 1.00 bits per heavy atom. The minimum Gasteiger partial charge on any atom is -0.508 e. The SMILES string of the molecule is O=C(NN=C1CCC(c2ccccc2)CC1)c1ccc(O)cc1. The third-order valence-electron chi connectivity index (χ3n) is 4.28. The Morgan fingerprint density at radius 3 is 2.30 bits per heavy atom. The molecule has 1 fully saturated rings. The molecule has 0 bridgehead atoms. The first-order valence-electron chi connectivity index (χ1n) is 7.92. The Hall–Kier alpha value is -2.62. The van der Waals surface area contributed by atoms with Gasteiger partial charge in [0, 0.05) is 11.3 Å². The molecule has 2 aromatic carbocycles. The first-order chi connectivity index (χ1) is 11.2. The Balaban J connectivity index is 1.54. The van der Waals surface area contributed by atoms with E-state index in [1.54, 1.807) is 12.1 Å². The second-order valence-corrected chi connectivity index (χ2v) is 5.85. The van der Waals surface area contributed by atoms with Gasteiger partial charge in [0.2, 0.25) is 0 Å². The van der Waals surface area contributed by atoms with E-state index in [-0.39, 0.29) is 11.7 Å². The average molecular weight is 308 g/mol. The van der Waals surface area contributed by atoms with Crippen molar-refractivity contribution in [2.45, 2.75) is 31.6 Å². The van der Waals surface area contributed by atoms with E-state index in [0.717, 1.165) is 31.4 Å². The molecule has 0 heterocycles. The fourth-order valence-corrected chi connectivity index (χ4v) is 2.93. The fourth-order valence-electron chi connectivity index (χ4n) is 2.93. The highest BCUT2D eigenvalue weighted by Crippen LogP contribution is 2.31. The lowest BCUT2D eigenvalue weighted by molar-refractivity contribution is 0.0954. The van der Waals surface area contributed by atoms with Gasteiger partial charge in [-0.25, -0.2) is 5.43 Å². The standard InChI is InChI=1S/C19H20N2O2/c22-18-12-8-16(9-13-18)19(23)21-20-17-10-6-15(7-11-17)14-4-2-1-3-5-14/h1-5,8-9,12-13,15,22H,6-7,10-11H2,(H,21,23). The number of rotatable bonds is 3. The number of hydrogen-bond acceptors (Lipinski definition) is 3. The zero-order valence-electron chi connectivity index (χ0n) is 12.9. The molecule has 0 atom stereocenters. The number of hydrogen-bond donors (Lipinski definition) is 2. The topological polar surface area (TPSA) is 61.7 Å². The second-order valence-electron chi connectivity index (χ2n) is 5.85. The zero-order chi connectivity index (χ0) is 16.1. The normalized spacial score (nSPS) is 17.6. The number of amides is 1. The predicted octanol–water partition coefficient (Wildman–Crippen LogP) is 3.84. The van der Waals surface area contributed by atoms with Crippen molar-refractivity contribution < 1.29 is 9.90 Å². The van der Waals surface area contributed by atoms with Crippen LogP contribution in [0, 0.1) is 0 Å². The number of carbonyl (C=O) groups is 1. The van der Waals surface area contributed by atoms with Crippen molar-refractivity contribution >= 4 is 11.6 Å². The molecule has 1 amide bonds. The van der Waals surface area contributed by atoms with Gasteiger partial charge in [-0.3, -0.25) is 4.79 Å². The van der Waals surface area contributed by atoms with Crippen LogP contribution in [0.15, 0.2) is 59.7 Å². The van der Waals surface area contributed by atoms with E-state index in [4.69, 9.17) is 0 Å². The molecular formula is C19H20N2O2. The molecule has 0 saturated heterocycles. The maximum atomic E-state index is 12.0. The third kappa shape index (κ3) is 3.97. The Labute approximate surface area is 135 Å². The highest BCUT2D eigenvalue weighted by atomic mass is 16.3.